The lowest BCUT2D eigenvalue weighted by Crippen LogP contribution is -2.41. The maximum Gasteiger partial charge on any atom is 0.229 e. The number of amides is 1. The summed E-state index contributed by atoms with van der Waals surface area (Å²) >= 11 is 0. The number of anilines is 2. The fourth-order valence-corrected chi connectivity index (χ4v) is 3.47. The zero-order valence-corrected chi connectivity index (χ0v) is 15.3. The number of carbonyl (C=O) groups excluding carboxylic acids is 1. The van der Waals surface area contributed by atoms with Crippen molar-refractivity contribution < 1.29 is 4.79 Å². The van der Waals surface area contributed by atoms with Crippen molar-refractivity contribution >= 4 is 17.4 Å². The smallest absolute Gasteiger partial charge is 0.229 e. The SMILES string of the molecule is CCCn1nc(C)c(NC(=O)C2CCCN(c3ccccn3)C2)c1C. The average Bonchev–Trinajstić information content (AvgIpc) is 2.90. The number of aromatic nitrogens is 3. The fraction of sp³-hybridized carbons (Fsp3) is 0.526. The highest BCUT2D eigenvalue weighted by Gasteiger charge is 2.27. The molecule has 1 aliphatic rings. The lowest BCUT2D eigenvalue weighted by molar-refractivity contribution is -0.120. The first kappa shape index (κ1) is 17.5. The third-order valence-electron chi connectivity index (χ3n) is 4.83. The Kier molecular flexibility index (Phi) is 5.36. The monoisotopic (exact) mass is 341 g/mol. The number of carbonyl (C=O) groups is 1. The number of hydrogen-bond donors (Lipinski definition) is 1. The van der Waals surface area contributed by atoms with Gasteiger partial charge in [0.05, 0.1) is 23.0 Å². The first-order valence-corrected chi connectivity index (χ1v) is 9.11. The van der Waals surface area contributed by atoms with E-state index in [0.29, 0.717) is 6.54 Å². The molecule has 1 aliphatic heterocycles. The van der Waals surface area contributed by atoms with Gasteiger partial charge < -0.3 is 10.2 Å². The van der Waals surface area contributed by atoms with Crippen LogP contribution in [0.2, 0.25) is 0 Å². The Hall–Kier alpha value is -2.37. The van der Waals surface area contributed by atoms with Crippen LogP contribution in [0.5, 0.6) is 0 Å². The zero-order chi connectivity index (χ0) is 17.8. The lowest BCUT2D eigenvalue weighted by Gasteiger charge is -2.32. The molecule has 0 radical (unpaired) electrons. The van der Waals surface area contributed by atoms with Gasteiger partial charge in [0.25, 0.3) is 0 Å². The zero-order valence-electron chi connectivity index (χ0n) is 15.3. The molecule has 1 N–H and O–H groups in total. The van der Waals surface area contributed by atoms with Crippen LogP contribution < -0.4 is 10.2 Å². The molecule has 3 rings (SSSR count). The molecule has 1 saturated heterocycles. The van der Waals surface area contributed by atoms with Crippen molar-refractivity contribution in [3.05, 3.63) is 35.8 Å². The topological polar surface area (TPSA) is 63.1 Å². The first-order chi connectivity index (χ1) is 12.1. The second-order valence-electron chi connectivity index (χ2n) is 6.73. The van der Waals surface area contributed by atoms with E-state index in [1.807, 2.05) is 36.7 Å². The van der Waals surface area contributed by atoms with E-state index < -0.39 is 0 Å². The minimum absolute atomic E-state index is 0.0240. The number of pyridine rings is 1. The molecule has 3 heterocycles. The van der Waals surface area contributed by atoms with Crippen molar-refractivity contribution in [3.8, 4) is 0 Å². The molecule has 2 aromatic heterocycles. The molecular formula is C19H27N5O. The Morgan fingerprint density at radius 2 is 2.20 bits per heavy atom. The molecular weight excluding hydrogens is 314 g/mol. The molecule has 1 fully saturated rings. The van der Waals surface area contributed by atoms with Crippen LogP contribution in [0.25, 0.3) is 0 Å². The molecule has 25 heavy (non-hydrogen) atoms. The molecule has 6 nitrogen and oxygen atoms in total. The molecule has 134 valence electrons. The first-order valence-electron chi connectivity index (χ1n) is 9.11. The fourth-order valence-electron chi connectivity index (χ4n) is 3.47. The number of rotatable bonds is 5. The summed E-state index contributed by atoms with van der Waals surface area (Å²) < 4.78 is 1.98. The van der Waals surface area contributed by atoms with Crippen molar-refractivity contribution in [2.45, 2.75) is 46.6 Å². The molecule has 0 saturated carbocycles. The van der Waals surface area contributed by atoms with Crippen LogP contribution in [-0.2, 0) is 11.3 Å². The van der Waals surface area contributed by atoms with Crippen LogP contribution in [0.15, 0.2) is 24.4 Å². The van der Waals surface area contributed by atoms with Crippen molar-refractivity contribution in [1.82, 2.24) is 14.8 Å². The summed E-state index contributed by atoms with van der Waals surface area (Å²) in [5, 5.41) is 7.67. The molecule has 0 spiro atoms. The van der Waals surface area contributed by atoms with Crippen LogP contribution in [0.3, 0.4) is 0 Å². The standard InChI is InChI=1S/C19H27N5O/c1-4-11-24-15(3)18(14(2)22-24)21-19(25)16-8-7-12-23(13-16)17-9-5-6-10-20-17/h5-6,9-10,16H,4,7-8,11-13H2,1-3H3,(H,21,25). The molecule has 0 bridgehead atoms. The molecule has 0 aliphatic carbocycles. The van der Waals surface area contributed by atoms with E-state index in [1.54, 1.807) is 6.20 Å². The number of hydrogen-bond acceptors (Lipinski definition) is 4. The molecule has 2 aromatic rings. The Morgan fingerprint density at radius 3 is 2.92 bits per heavy atom. The van der Waals surface area contributed by atoms with Gasteiger partial charge in [-0.1, -0.05) is 13.0 Å². The number of aryl methyl sites for hydroxylation is 2. The van der Waals surface area contributed by atoms with Crippen LogP contribution in [0.1, 0.15) is 37.6 Å². The Bertz CT molecular complexity index is 725. The van der Waals surface area contributed by atoms with Crippen LogP contribution in [0.4, 0.5) is 11.5 Å². The van der Waals surface area contributed by atoms with Gasteiger partial charge in [0.15, 0.2) is 0 Å². The maximum absolute atomic E-state index is 12.8. The van der Waals surface area contributed by atoms with E-state index in [9.17, 15) is 4.79 Å². The molecule has 1 atom stereocenters. The van der Waals surface area contributed by atoms with Gasteiger partial charge in [-0.15, -0.1) is 0 Å². The highest BCUT2D eigenvalue weighted by atomic mass is 16.1. The highest BCUT2D eigenvalue weighted by Crippen LogP contribution is 2.25. The summed E-state index contributed by atoms with van der Waals surface area (Å²) in [5.41, 5.74) is 2.79. The normalized spacial score (nSPS) is 17.6. The van der Waals surface area contributed by atoms with Crippen molar-refractivity contribution in [3.63, 3.8) is 0 Å². The second-order valence-corrected chi connectivity index (χ2v) is 6.73. The van der Waals surface area contributed by atoms with Gasteiger partial charge >= 0.3 is 0 Å². The number of nitrogens with one attached hydrogen (secondary N) is 1. The minimum Gasteiger partial charge on any atom is -0.356 e. The summed E-state index contributed by atoms with van der Waals surface area (Å²) in [6.07, 6.45) is 4.74. The van der Waals surface area contributed by atoms with Crippen molar-refractivity contribution in [2.24, 2.45) is 5.92 Å². The van der Waals surface area contributed by atoms with E-state index in [4.69, 9.17) is 0 Å². The predicted molar refractivity (Wildman–Crippen MR) is 99.8 cm³/mol. The Morgan fingerprint density at radius 1 is 1.36 bits per heavy atom. The van der Waals surface area contributed by atoms with E-state index in [1.165, 1.54) is 0 Å². The summed E-state index contributed by atoms with van der Waals surface area (Å²) in [5.74, 6) is 1.01. The molecule has 0 aromatic carbocycles. The minimum atomic E-state index is -0.0240. The quantitative estimate of drug-likeness (QED) is 0.907. The van der Waals surface area contributed by atoms with E-state index in [0.717, 1.165) is 55.2 Å². The summed E-state index contributed by atoms with van der Waals surface area (Å²) in [7, 11) is 0. The van der Waals surface area contributed by atoms with Gasteiger partial charge in [0, 0.05) is 25.8 Å². The highest BCUT2D eigenvalue weighted by molar-refractivity contribution is 5.94. The summed E-state index contributed by atoms with van der Waals surface area (Å²) in [6.45, 7) is 8.64. The largest absolute Gasteiger partial charge is 0.356 e. The van der Waals surface area contributed by atoms with Gasteiger partial charge in [-0.25, -0.2) is 4.98 Å². The van der Waals surface area contributed by atoms with E-state index in [2.05, 4.69) is 27.2 Å². The van der Waals surface area contributed by atoms with Crippen LogP contribution in [-0.4, -0.2) is 33.8 Å². The number of nitrogens with zero attached hydrogens (tertiary/aromatic N) is 4. The number of piperidine rings is 1. The third-order valence-corrected chi connectivity index (χ3v) is 4.83. The lowest BCUT2D eigenvalue weighted by atomic mass is 9.97. The summed E-state index contributed by atoms with van der Waals surface area (Å²) in [4.78, 5) is 19.4. The third kappa shape index (κ3) is 3.83. The van der Waals surface area contributed by atoms with Crippen molar-refractivity contribution in [2.75, 3.05) is 23.3 Å². The molecule has 1 unspecified atom stereocenters. The Labute approximate surface area is 149 Å². The molecule has 1 amide bonds. The van der Waals surface area contributed by atoms with Gasteiger partial charge in [0.1, 0.15) is 5.82 Å². The predicted octanol–water partition coefficient (Wildman–Crippen LogP) is 3.16. The van der Waals surface area contributed by atoms with Gasteiger partial charge in [-0.3, -0.25) is 9.48 Å². The average molecular weight is 341 g/mol. The second kappa shape index (κ2) is 7.68. The van der Waals surface area contributed by atoms with Crippen molar-refractivity contribution in [1.29, 1.82) is 0 Å². The van der Waals surface area contributed by atoms with E-state index >= 15 is 0 Å². The van der Waals surface area contributed by atoms with E-state index in [-0.39, 0.29) is 11.8 Å². The molecule has 6 heteroatoms. The van der Waals surface area contributed by atoms with Gasteiger partial charge in [-0.2, -0.15) is 5.10 Å². The summed E-state index contributed by atoms with van der Waals surface area (Å²) in [6, 6.07) is 5.90. The van der Waals surface area contributed by atoms with Crippen LogP contribution >= 0.6 is 0 Å². The maximum atomic E-state index is 12.8. The van der Waals surface area contributed by atoms with Crippen LogP contribution in [0, 0.1) is 19.8 Å². The van der Waals surface area contributed by atoms with Gasteiger partial charge in [-0.05, 0) is 45.2 Å². The van der Waals surface area contributed by atoms with Gasteiger partial charge in [0.2, 0.25) is 5.91 Å². The Balaban J connectivity index is 1.69.